The first-order valence-corrected chi connectivity index (χ1v) is 8.98. The maximum absolute atomic E-state index is 11.9. The molecule has 0 saturated carbocycles. The van der Waals surface area contributed by atoms with Crippen molar-refractivity contribution in [3.05, 3.63) is 29.8 Å². The molecular formula is C15H20N4OS2. The van der Waals surface area contributed by atoms with Crippen LogP contribution < -0.4 is 10.6 Å². The second-order valence-electron chi connectivity index (χ2n) is 5.02. The molecule has 0 aliphatic heterocycles. The van der Waals surface area contributed by atoms with Crippen molar-refractivity contribution in [2.45, 2.75) is 31.0 Å². The molecule has 0 aliphatic rings. The van der Waals surface area contributed by atoms with Gasteiger partial charge < -0.3 is 10.6 Å². The van der Waals surface area contributed by atoms with Gasteiger partial charge in [0, 0.05) is 12.2 Å². The highest BCUT2D eigenvalue weighted by atomic mass is 32.2. The number of anilines is 2. The number of aromatic nitrogens is 2. The smallest absolute Gasteiger partial charge is 0.234 e. The monoisotopic (exact) mass is 336 g/mol. The fourth-order valence-electron chi connectivity index (χ4n) is 1.77. The minimum atomic E-state index is -0.0394. The predicted molar refractivity (Wildman–Crippen MR) is 94.0 cm³/mol. The number of nitrogens with one attached hydrogen (secondary N) is 2. The lowest BCUT2D eigenvalue weighted by Crippen LogP contribution is -2.13. The minimum Gasteiger partial charge on any atom is -0.360 e. The third kappa shape index (κ3) is 4.99. The summed E-state index contributed by atoms with van der Waals surface area (Å²) in [5.41, 5.74) is 2.08. The second kappa shape index (κ2) is 8.14. The number of nitrogens with zero attached hydrogens (tertiary/aromatic N) is 2. The average Bonchev–Trinajstić information content (AvgIpc) is 2.94. The average molecular weight is 336 g/mol. The lowest BCUT2D eigenvalue weighted by molar-refractivity contribution is -0.113. The van der Waals surface area contributed by atoms with E-state index < -0.39 is 0 Å². The largest absolute Gasteiger partial charge is 0.360 e. The Hall–Kier alpha value is -1.60. The molecule has 5 nitrogen and oxygen atoms in total. The quantitative estimate of drug-likeness (QED) is 0.752. The molecule has 22 heavy (non-hydrogen) atoms. The highest BCUT2D eigenvalue weighted by molar-refractivity contribution is 8.01. The lowest BCUT2D eigenvalue weighted by Gasteiger charge is -2.08. The van der Waals surface area contributed by atoms with Gasteiger partial charge in [-0.2, -0.15) is 0 Å². The fraction of sp³-hybridized carbons (Fsp3) is 0.400. The molecule has 2 N–H and O–H groups in total. The van der Waals surface area contributed by atoms with Crippen LogP contribution in [0.4, 0.5) is 10.8 Å². The molecule has 2 rings (SSSR count). The van der Waals surface area contributed by atoms with Gasteiger partial charge in [-0.15, -0.1) is 10.2 Å². The number of thioether (sulfide) groups is 1. The second-order valence-corrected chi connectivity index (χ2v) is 7.22. The van der Waals surface area contributed by atoms with E-state index in [0.29, 0.717) is 11.7 Å². The Morgan fingerprint density at radius 3 is 2.64 bits per heavy atom. The van der Waals surface area contributed by atoms with Gasteiger partial charge in [0.05, 0.1) is 5.75 Å². The van der Waals surface area contributed by atoms with Crippen molar-refractivity contribution in [2.75, 3.05) is 22.9 Å². The molecule has 7 heteroatoms. The van der Waals surface area contributed by atoms with E-state index in [0.717, 1.165) is 21.7 Å². The summed E-state index contributed by atoms with van der Waals surface area (Å²) < 4.78 is 0.793. The van der Waals surface area contributed by atoms with E-state index in [1.54, 1.807) is 0 Å². The minimum absolute atomic E-state index is 0.0394. The number of carbonyl (C=O) groups is 1. The molecule has 0 spiro atoms. The third-order valence-electron chi connectivity index (χ3n) is 2.92. The number of amides is 1. The molecule has 2 aromatic rings. The molecule has 0 bridgehead atoms. The summed E-state index contributed by atoms with van der Waals surface area (Å²) in [6.07, 6.45) is 0. The Balaban J connectivity index is 1.81. The molecule has 0 atom stereocenters. The van der Waals surface area contributed by atoms with Crippen molar-refractivity contribution in [2.24, 2.45) is 0 Å². The molecular weight excluding hydrogens is 316 g/mol. The molecule has 1 aromatic carbocycles. The van der Waals surface area contributed by atoms with Crippen molar-refractivity contribution in [1.82, 2.24) is 10.2 Å². The van der Waals surface area contributed by atoms with E-state index >= 15 is 0 Å². The summed E-state index contributed by atoms with van der Waals surface area (Å²) in [4.78, 5) is 11.9. The van der Waals surface area contributed by atoms with Crippen LogP contribution in [0, 0.1) is 0 Å². The van der Waals surface area contributed by atoms with Gasteiger partial charge in [-0.05, 0) is 30.5 Å². The van der Waals surface area contributed by atoms with Gasteiger partial charge in [-0.1, -0.05) is 49.1 Å². The van der Waals surface area contributed by atoms with Crippen LogP contribution in [0.25, 0.3) is 0 Å². The number of hydrogen-bond acceptors (Lipinski definition) is 6. The van der Waals surface area contributed by atoms with Crippen LogP contribution in [0.15, 0.2) is 28.6 Å². The summed E-state index contributed by atoms with van der Waals surface area (Å²) in [6.45, 7) is 7.11. The number of rotatable bonds is 7. The first-order chi connectivity index (χ1) is 10.6. The Morgan fingerprint density at radius 1 is 1.27 bits per heavy atom. The molecule has 118 valence electrons. The van der Waals surface area contributed by atoms with Gasteiger partial charge in [0.15, 0.2) is 4.34 Å². The van der Waals surface area contributed by atoms with Crippen molar-refractivity contribution < 1.29 is 4.79 Å². The molecule has 1 heterocycles. The molecule has 1 amide bonds. The SMILES string of the molecule is CCNc1nnc(SCC(=O)Nc2ccc(C(C)C)cc2)s1. The Morgan fingerprint density at radius 2 is 2.00 bits per heavy atom. The Bertz CT molecular complexity index is 610. The zero-order valence-electron chi connectivity index (χ0n) is 12.9. The fourth-order valence-corrected chi connectivity index (χ4v) is 3.39. The van der Waals surface area contributed by atoms with Crippen LogP contribution in [-0.4, -0.2) is 28.4 Å². The maximum atomic E-state index is 11.9. The summed E-state index contributed by atoms with van der Waals surface area (Å²) in [5.74, 6) is 0.776. The first-order valence-electron chi connectivity index (χ1n) is 7.18. The predicted octanol–water partition coefficient (Wildman–Crippen LogP) is 3.82. The van der Waals surface area contributed by atoms with E-state index in [9.17, 15) is 4.79 Å². The van der Waals surface area contributed by atoms with E-state index in [2.05, 4.69) is 34.7 Å². The number of carbonyl (C=O) groups excluding carboxylic acids is 1. The summed E-state index contributed by atoms with van der Waals surface area (Å²) >= 11 is 2.86. The zero-order chi connectivity index (χ0) is 15.9. The van der Waals surface area contributed by atoms with E-state index in [-0.39, 0.29) is 5.91 Å². The molecule has 0 saturated heterocycles. The van der Waals surface area contributed by atoms with E-state index in [4.69, 9.17) is 0 Å². The van der Waals surface area contributed by atoms with Crippen LogP contribution in [-0.2, 0) is 4.79 Å². The third-order valence-corrected chi connectivity index (χ3v) is 4.94. The van der Waals surface area contributed by atoms with Crippen molar-refractivity contribution in [1.29, 1.82) is 0 Å². The number of benzene rings is 1. The van der Waals surface area contributed by atoms with Crippen LogP contribution in [0.1, 0.15) is 32.3 Å². The zero-order valence-corrected chi connectivity index (χ0v) is 14.6. The summed E-state index contributed by atoms with van der Waals surface area (Å²) in [5, 5.41) is 14.8. The Labute approximate surface area is 138 Å². The first kappa shape index (κ1) is 16.8. The van der Waals surface area contributed by atoms with Crippen LogP contribution in [0.3, 0.4) is 0 Å². The van der Waals surface area contributed by atoms with Crippen molar-refractivity contribution in [3.63, 3.8) is 0 Å². The molecule has 1 aromatic heterocycles. The lowest BCUT2D eigenvalue weighted by atomic mass is 10.0. The van der Waals surface area contributed by atoms with Crippen LogP contribution >= 0.6 is 23.1 Å². The van der Waals surface area contributed by atoms with Crippen LogP contribution in [0.5, 0.6) is 0 Å². The van der Waals surface area contributed by atoms with E-state index in [1.807, 2.05) is 31.2 Å². The maximum Gasteiger partial charge on any atom is 0.234 e. The highest BCUT2D eigenvalue weighted by Gasteiger charge is 2.08. The van der Waals surface area contributed by atoms with Crippen LogP contribution in [0.2, 0.25) is 0 Å². The Kier molecular flexibility index (Phi) is 6.21. The van der Waals surface area contributed by atoms with Gasteiger partial charge in [0.1, 0.15) is 0 Å². The molecule has 0 aliphatic carbocycles. The standard InChI is InChI=1S/C15H20N4OS2/c1-4-16-14-18-19-15(22-14)21-9-13(20)17-12-7-5-11(6-8-12)10(2)3/h5-8,10H,4,9H2,1-3H3,(H,16,18)(H,17,20). The summed E-state index contributed by atoms with van der Waals surface area (Å²) in [6, 6.07) is 7.96. The summed E-state index contributed by atoms with van der Waals surface area (Å²) in [7, 11) is 0. The van der Waals surface area contributed by atoms with Crippen molar-refractivity contribution >= 4 is 39.8 Å². The molecule has 0 fully saturated rings. The normalized spacial score (nSPS) is 10.7. The molecule has 0 unspecified atom stereocenters. The van der Waals surface area contributed by atoms with Gasteiger partial charge in [-0.25, -0.2) is 0 Å². The topological polar surface area (TPSA) is 66.9 Å². The highest BCUT2D eigenvalue weighted by Crippen LogP contribution is 2.25. The molecule has 0 radical (unpaired) electrons. The number of hydrogen-bond donors (Lipinski definition) is 2. The van der Waals surface area contributed by atoms with Gasteiger partial charge in [0.2, 0.25) is 11.0 Å². The van der Waals surface area contributed by atoms with E-state index in [1.165, 1.54) is 28.7 Å². The van der Waals surface area contributed by atoms with Gasteiger partial charge in [0.25, 0.3) is 0 Å². The van der Waals surface area contributed by atoms with Gasteiger partial charge >= 0.3 is 0 Å². The van der Waals surface area contributed by atoms with Crippen molar-refractivity contribution in [3.8, 4) is 0 Å². The van der Waals surface area contributed by atoms with Gasteiger partial charge in [-0.3, -0.25) is 4.79 Å².